The van der Waals surface area contributed by atoms with E-state index in [9.17, 15) is 30.3 Å². The molecule has 1 rings (SSSR count). The molecule has 0 aromatic heterocycles. The van der Waals surface area contributed by atoms with E-state index in [0.717, 1.165) is 96.3 Å². The molecule has 0 saturated carbocycles. The fourth-order valence-electron chi connectivity index (χ4n) is 6.45. The molecular weight excluding hydrogens is 743 g/mol. The van der Waals surface area contributed by atoms with Crippen molar-refractivity contribution in [3.63, 3.8) is 0 Å². The van der Waals surface area contributed by atoms with Gasteiger partial charge < -0.3 is 40.3 Å². The van der Waals surface area contributed by atoms with Crippen LogP contribution in [0, 0.1) is 0 Å². The van der Waals surface area contributed by atoms with Gasteiger partial charge in [0.25, 0.3) is 0 Å². The minimum atomic E-state index is -1.58. The van der Waals surface area contributed by atoms with Crippen LogP contribution in [0.5, 0.6) is 0 Å². The summed E-state index contributed by atoms with van der Waals surface area (Å²) in [4.78, 5) is 13.0. The molecule has 9 nitrogen and oxygen atoms in total. The summed E-state index contributed by atoms with van der Waals surface area (Å²) in [7, 11) is 0. The lowest BCUT2D eigenvalue weighted by Crippen LogP contribution is -2.60. The first-order chi connectivity index (χ1) is 28.8. The molecule has 7 atom stereocenters. The molecule has 1 saturated heterocycles. The Labute approximate surface area is 358 Å². The van der Waals surface area contributed by atoms with Crippen molar-refractivity contribution in [3.05, 3.63) is 97.2 Å². The van der Waals surface area contributed by atoms with Gasteiger partial charge in [-0.1, -0.05) is 156 Å². The summed E-state index contributed by atoms with van der Waals surface area (Å²) in [6.45, 7) is 3.57. The second-order valence-electron chi connectivity index (χ2n) is 15.4. The van der Waals surface area contributed by atoms with E-state index in [-0.39, 0.29) is 12.5 Å². The number of allylic oxidation sites excluding steroid dienone is 15. The molecule has 0 bridgehead atoms. The average Bonchev–Trinajstić information content (AvgIpc) is 3.23. The van der Waals surface area contributed by atoms with Gasteiger partial charge in [0.15, 0.2) is 6.29 Å². The molecule has 0 aromatic rings. The van der Waals surface area contributed by atoms with Crippen LogP contribution < -0.4 is 5.32 Å². The predicted octanol–water partition coefficient (Wildman–Crippen LogP) is 9.72. The number of hydrogen-bond donors (Lipinski definition) is 6. The van der Waals surface area contributed by atoms with Crippen LogP contribution in [-0.2, 0) is 14.3 Å². The predicted molar refractivity (Wildman–Crippen MR) is 244 cm³/mol. The summed E-state index contributed by atoms with van der Waals surface area (Å²) in [5.41, 5.74) is 0. The largest absolute Gasteiger partial charge is 0.394 e. The van der Waals surface area contributed by atoms with Gasteiger partial charge in [0.2, 0.25) is 5.91 Å². The maximum absolute atomic E-state index is 13.0. The minimum absolute atomic E-state index is 0.209. The molecule has 0 aromatic carbocycles. The van der Waals surface area contributed by atoms with Gasteiger partial charge >= 0.3 is 0 Å². The van der Waals surface area contributed by atoms with E-state index in [0.29, 0.717) is 6.42 Å². The summed E-state index contributed by atoms with van der Waals surface area (Å²) in [6.07, 6.45) is 48.7. The van der Waals surface area contributed by atoms with E-state index in [4.69, 9.17) is 9.47 Å². The van der Waals surface area contributed by atoms with E-state index in [2.05, 4.69) is 104 Å². The molecule has 0 aliphatic carbocycles. The lowest BCUT2D eigenvalue weighted by atomic mass is 9.99. The molecule has 0 radical (unpaired) electrons. The quantitative estimate of drug-likeness (QED) is 0.0270. The van der Waals surface area contributed by atoms with Crippen LogP contribution in [0.25, 0.3) is 0 Å². The summed E-state index contributed by atoms with van der Waals surface area (Å²) in [5.74, 6) is -0.209. The lowest BCUT2D eigenvalue weighted by molar-refractivity contribution is -0.302. The number of amides is 1. The van der Waals surface area contributed by atoms with Gasteiger partial charge in [0.1, 0.15) is 24.4 Å². The molecule has 9 heteroatoms. The van der Waals surface area contributed by atoms with Crippen LogP contribution in [0.15, 0.2) is 97.2 Å². The zero-order chi connectivity index (χ0) is 43.0. The van der Waals surface area contributed by atoms with E-state index < -0.39 is 49.5 Å². The zero-order valence-electron chi connectivity index (χ0n) is 36.7. The van der Waals surface area contributed by atoms with Crippen LogP contribution >= 0.6 is 0 Å². The molecule has 0 spiro atoms. The normalized spacial score (nSPS) is 21.6. The van der Waals surface area contributed by atoms with Crippen LogP contribution in [0.4, 0.5) is 0 Å². The van der Waals surface area contributed by atoms with Gasteiger partial charge in [-0.2, -0.15) is 0 Å². The Morgan fingerprint density at radius 3 is 1.63 bits per heavy atom. The van der Waals surface area contributed by atoms with Crippen molar-refractivity contribution in [1.29, 1.82) is 0 Å². The third-order valence-corrected chi connectivity index (χ3v) is 10.1. The van der Waals surface area contributed by atoms with E-state index in [1.165, 1.54) is 38.5 Å². The first-order valence-electron chi connectivity index (χ1n) is 23.0. The van der Waals surface area contributed by atoms with Crippen LogP contribution in [0.1, 0.15) is 155 Å². The number of ether oxygens (including phenoxy) is 2. The second-order valence-corrected chi connectivity index (χ2v) is 15.4. The molecule has 7 unspecified atom stereocenters. The first kappa shape index (κ1) is 54.1. The monoisotopic (exact) mass is 826 g/mol. The third kappa shape index (κ3) is 29.9. The zero-order valence-corrected chi connectivity index (χ0v) is 36.7. The number of aliphatic hydroxyl groups is 5. The van der Waals surface area contributed by atoms with Gasteiger partial charge in [-0.25, -0.2) is 0 Å². The smallest absolute Gasteiger partial charge is 0.220 e. The summed E-state index contributed by atoms with van der Waals surface area (Å²) in [5, 5.41) is 54.1. The Bertz CT molecular complexity index is 1240. The molecule has 1 amide bonds. The van der Waals surface area contributed by atoms with Crippen molar-refractivity contribution in [2.45, 2.75) is 198 Å². The summed E-state index contributed by atoms with van der Waals surface area (Å²) >= 11 is 0. The number of rotatable bonds is 36. The average molecular weight is 826 g/mol. The highest BCUT2D eigenvalue weighted by Gasteiger charge is 2.44. The third-order valence-electron chi connectivity index (χ3n) is 10.1. The van der Waals surface area contributed by atoms with Gasteiger partial charge in [-0.3, -0.25) is 4.79 Å². The number of hydrogen-bond acceptors (Lipinski definition) is 8. The van der Waals surface area contributed by atoms with Crippen LogP contribution in [0.3, 0.4) is 0 Å². The molecule has 336 valence electrons. The van der Waals surface area contributed by atoms with Crippen molar-refractivity contribution in [3.8, 4) is 0 Å². The minimum Gasteiger partial charge on any atom is -0.394 e. The van der Waals surface area contributed by atoms with Crippen molar-refractivity contribution in [2.75, 3.05) is 13.2 Å². The van der Waals surface area contributed by atoms with Crippen LogP contribution in [-0.4, -0.2) is 87.5 Å². The maximum atomic E-state index is 13.0. The van der Waals surface area contributed by atoms with Crippen molar-refractivity contribution >= 4 is 5.91 Å². The fraction of sp³-hybridized carbons (Fsp3) is 0.660. The lowest BCUT2D eigenvalue weighted by Gasteiger charge is -2.40. The van der Waals surface area contributed by atoms with Gasteiger partial charge in [-0.15, -0.1) is 0 Å². The van der Waals surface area contributed by atoms with Crippen molar-refractivity contribution < 1.29 is 39.8 Å². The van der Waals surface area contributed by atoms with Crippen molar-refractivity contribution in [1.82, 2.24) is 5.32 Å². The van der Waals surface area contributed by atoms with E-state index in [1.807, 2.05) is 6.08 Å². The molecule has 1 aliphatic rings. The highest BCUT2D eigenvalue weighted by atomic mass is 16.7. The highest BCUT2D eigenvalue weighted by Crippen LogP contribution is 2.22. The Balaban J connectivity index is 2.36. The summed E-state index contributed by atoms with van der Waals surface area (Å²) in [6, 6.07) is -0.839. The van der Waals surface area contributed by atoms with Gasteiger partial charge in [-0.05, 0) is 89.9 Å². The number of carbonyl (C=O) groups excluding carboxylic acids is 1. The van der Waals surface area contributed by atoms with Gasteiger partial charge in [0, 0.05) is 6.42 Å². The molecule has 6 N–H and O–H groups in total. The SMILES string of the molecule is CC/C=C\C/C=C\C/C=C\C/C=C\C/C=C\CCCCCCCCCC(=O)NC(COC1OC(CO)C(O)C(O)C1O)C(O)/C=C/CC/C=C/CC/C=C/CCCCC. The molecular formula is C50H83NO8. The first-order valence-corrected chi connectivity index (χ1v) is 23.0. The Hall–Kier alpha value is -2.89. The van der Waals surface area contributed by atoms with Crippen molar-refractivity contribution in [2.24, 2.45) is 0 Å². The maximum Gasteiger partial charge on any atom is 0.220 e. The molecule has 1 fully saturated rings. The van der Waals surface area contributed by atoms with E-state index in [1.54, 1.807) is 6.08 Å². The van der Waals surface area contributed by atoms with Crippen LogP contribution in [0.2, 0.25) is 0 Å². The number of aliphatic hydroxyl groups excluding tert-OH is 5. The Kier molecular flexibility index (Phi) is 36.0. The number of carbonyl (C=O) groups is 1. The number of nitrogens with one attached hydrogen (secondary N) is 1. The fourth-order valence-corrected chi connectivity index (χ4v) is 6.45. The second kappa shape index (κ2) is 39.3. The molecule has 59 heavy (non-hydrogen) atoms. The van der Waals surface area contributed by atoms with Gasteiger partial charge in [0.05, 0.1) is 25.4 Å². The Morgan fingerprint density at radius 1 is 0.593 bits per heavy atom. The number of unbranched alkanes of at least 4 members (excludes halogenated alkanes) is 12. The molecule has 1 aliphatic heterocycles. The standard InChI is InChI=1S/C50H83NO8/c1-3-5-7-9-11-13-15-17-18-19-20-21-22-23-24-25-26-28-30-32-34-36-38-40-46(54)51-43(42-58-50-49(57)48(56)47(55)45(41-52)59-50)44(53)39-37-35-33-31-29-27-16-14-12-10-8-6-4-2/h5,7,11-14,17-18,20-21,23-24,29,31,37,39,43-45,47-50,52-53,55-57H,3-4,6,8-10,15-16,19,22,25-28,30,32-36,38,40-42H2,1-2H3,(H,51,54)/b7-5-,13-11-,14-12+,18-17-,21-20-,24-23-,31-29+,39-37+. The Morgan fingerprint density at radius 2 is 1.07 bits per heavy atom. The summed E-state index contributed by atoms with van der Waals surface area (Å²) < 4.78 is 11.2. The molecule has 1 heterocycles. The highest BCUT2D eigenvalue weighted by molar-refractivity contribution is 5.76. The topological polar surface area (TPSA) is 149 Å². The van der Waals surface area contributed by atoms with E-state index >= 15 is 0 Å².